The van der Waals surface area contributed by atoms with Gasteiger partial charge in [0.15, 0.2) is 0 Å². The van der Waals surface area contributed by atoms with E-state index in [2.05, 4.69) is 0 Å². The molecule has 5 heteroatoms. The fourth-order valence-corrected chi connectivity index (χ4v) is 1.81. The molecule has 0 aromatic heterocycles. The van der Waals surface area contributed by atoms with Gasteiger partial charge in [-0.2, -0.15) is 5.26 Å². The maximum absolute atomic E-state index is 13.2. The van der Waals surface area contributed by atoms with Crippen LogP contribution in [0.4, 0.5) is 4.39 Å². The van der Waals surface area contributed by atoms with Crippen LogP contribution < -0.4 is 4.74 Å². The first kappa shape index (κ1) is 13.7. The second-order valence-electron chi connectivity index (χ2n) is 3.78. The zero-order valence-electron chi connectivity index (χ0n) is 9.66. The van der Waals surface area contributed by atoms with Crippen LogP contribution in [0, 0.1) is 17.1 Å². The molecule has 0 saturated heterocycles. The van der Waals surface area contributed by atoms with Crippen molar-refractivity contribution >= 4 is 23.2 Å². The van der Waals surface area contributed by atoms with E-state index in [1.54, 1.807) is 24.3 Å². The Morgan fingerprint density at radius 2 is 1.89 bits per heavy atom. The Labute approximate surface area is 119 Å². The number of rotatable bonds is 3. The number of nitriles is 1. The van der Waals surface area contributed by atoms with Gasteiger partial charge < -0.3 is 4.74 Å². The van der Waals surface area contributed by atoms with Gasteiger partial charge in [0.2, 0.25) is 0 Å². The third kappa shape index (κ3) is 3.37. The first-order valence-electron chi connectivity index (χ1n) is 5.36. The first-order valence-corrected chi connectivity index (χ1v) is 6.12. The lowest BCUT2D eigenvalue weighted by Gasteiger charge is -2.08. The van der Waals surface area contributed by atoms with Crippen LogP contribution in [0.1, 0.15) is 11.1 Å². The average molecular weight is 296 g/mol. The molecule has 0 aliphatic rings. The predicted molar refractivity (Wildman–Crippen MR) is 71.9 cm³/mol. The van der Waals surface area contributed by atoms with E-state index in [1.807, 2.05) is 6.07 Å². The Morgan fingerprint density at radius 1 is 1.11 bits per heavy atom. The second-order valence-corrected chi connectivity index (χ2v) is 4.60. The standard InChI is InChI=1S/C14H8Cl2FNO/c15-12-4-3-11(6-14(12)17)19-8-10-2-1-9(7-18)5-13(10)16/h1-6H,8H2. The van der Waals surface area contributed by atoms with E-state index in [0.717, 1.165) is 5.56 Å². The van der Waals surface area contributed by atoms with Gasteiger partial charge in [0.05, 0.1) is 16.7 Å². The Hall–Kier alpha value is -1.76. The van der Waals surface area contributed by atoms with Crippen molar-refractivity contribution in [3.05, 3.63) is 63.4 Å². The predicted octanol–water partition coefficient (Wildman–Crippen LogP) is 4.58. The number of benzene rings is 2. The van der Waals surface area contributed by atoms with Gasteiger partial charge in [0.25, 0.3) is 0 Å². The fraction of sp³-hybridized carbons (Fsp3) is 0.0714. The molecule has 2 rings (SSSR count). The maximum Gasteiger partial charge on any atom is 0.145 e. The van der Waals surface area contributed by atoms with Crippen LogP contribution in [0.5, 0.6) is 5.75 Å². The van der Waals surface area contributed by atoms with Crippen molar-refractivity contribution in [1.82, 2.24) is 0 Å². The summed E-state index contributed by atoms with van der Waals surface area (Å²) in [4.78, 5) is 0. The average Bonchev–Trinajstić information content (AvgIpc) is 2.41. The van der Waals surface area contributed by atoms with Crippen molar-refractivity contribution in [3.8, 4) is 11.8 Å². The lowest BCUT2D eigenvalue weighted by molar-refractivity contribution is 0.304. The number of nitrogens with zero attached hydrogens (tertiary/aromatic N) is 1. The molecule has 0 radical (unpaired) electrons. The van der Waals surface area contributed by atoms with Crippen molar-refractivity contribution < 1.29 is 9.13 Å². The zero-order chi connectivity index (χ0) is 13.8. The van der Waals surface area contributed by atoms with Crippen LogP contribution >= 0.6 is 23.2 Å². The molecule has 0 spiro atoms. The molecule has 2 aromatic rings. The van der Waals surface area contributed by atoms with Gasteiger partial charge in [-0.25, -0.2) is 4.39 Å². The van der Waals surface area contributed by atoms with Gasteiger partial charge in [-0.05, 0) is 24.3 Å². The van der Waals surface area contributed by atoms with E-state index >= 15 is 0 Å². The summed E-state index contributed by atoms with van der Waals surface area (Å²) in [6.45, 7) is 0.186. The van der Waals surface area contributed by atoms with Crippen LogP contribution in [-0.4, -0.2) is 0 Å². The van der Waals surface area contributed by atoms with Crippen LogP contribution in [0.25, 0.3) is 0 Å². The molecule has 2 aromatic carbocycles. The highest BCUT2D eigenvalue weighted by atomic mass is 35.5. The number of halogens is 3. The van der Waals surface area contributed by atoms with Gasteiger partial charge >= 0.3 is 0 Å². The van der Waals surface area contributed by atoms with E-state index in [-0.39, 0.29) is 11.6 Å². The van der Waals surface area contributed by atoms with Crippen LogP contribution in [0.2, 0.25) is 10.0 Å². The normalized spacial score (nSPS) is 10.0. The van der Waals surface area contributed by atoms with Crippen LogP contribution in [0.15, 0.2) is 36.4 Å². The summed E-state index contributed by atoms with van der Waals surface area (Å²) in [6, 6.07) is 11.1. The molecule has 0 aliphatic carbocycles. The second kappa shape index (κ2) is 5.92. The molecule has 0 aliphatic heterocycles. The largest absolute Gasteiger partial charge is 0.489 e. The minimum absolute atomic E-state index is 0.0451. The topological polar surface area (TPSA) is 33.0 Å². The molecular formula is C14H8Cl2FNO. The van der Waals surface area contributed by atoms with E-state index in [1.165, 1.54) is 12.1 Å². The monoisotopic (exact) mass is 295 g/mol. The van der Waals surface area contributed by atoms with Gasteiger partial charge in [-0.1, -0.05) is 29.3 Å². The van der Waals surface area contributed by atoms with E-state index in [9.17, 15) is 4.39 Å². The van der Waals surface area contributed by atoms with Crippen molar-refractivity contribution in [3.63, 3.8) is 0 Å². The van der Waals surface area contributed by atoms with E-state index in [0.29, 0.717) is 16.3 Å². The van der Waals surface area contributed by atoms with Gasteiger partial charge in [0.1, 0.15) is 18.2 Å². The summed E-state index contributed by atoms with van der Waals surface area (Å²) in [7, 11) is 0. The van der Waals surface area contributed by atoms with Gasteiger partial charge in [-0.15, -0.1) is 0 Å². The highest BCUT2D eigenvalue weighted by Crippen LogP contribution is 2.23. The summed E-state index contributed by atoms with van der Waals surface area (Å²) in [5.74, 6) is -0.174. The minimum atomic E-state index is -0.537. The summed E-state index contributed by atoms with van der Waals surface area (Å²) in [6.07, 6.45) is 0. The quantitative estimate of drug-likeness (QED) is 0.830. The third-order valence-electron chi connectivity index (χ3n) is 2.47. The first-order chi connectivity index (χ1) is 9.10. The molecule has 0 N–H and O–H groups in total. The highest BCUT2D eigenvalue weighted by molar-refractivity contribution is 6.31. The third-order valence-corrected chi connectivity index (χ3v) is 3.13. The molecule has 0 fully saturated rings. The fourth-order valence-electron chi connectivity index (χ4n) is 1.46. The molecule has 96 valence electrons. The molecule has 0 bridgehead atoms. The summed E-state index contributed by atoms with van der Waals surface area (Å²) < 4.78 is 18.6. The molecule has 0 heterocycles. The maximum atomic E-state index is 13.2. The lowest BCUT2D eigenvalue weighted by Crippen LogP contribution is -1.97. The van der Waals surface area contributed by atoms with Crippen molar-refractivity contribution in [2.24, 2.45) is 0 Å². The molecule has 2 nitrogen and oxygen atoms in total. The summed E-state index contributed by atoms with van der Waals surface area (Å²) >= 11 is 11.6. The Bertz CT molecular complexity index is 652. The molecular weight excluding hydrogens is 288 g/mol. The summed E-state index contributed by atoms with van der Waals surface area (Å²) in [5.41, 5.74) is 1.20. The van der Waals surface area contributed by atoms with Crippen LogP contribution in [-0.2, 0) is 6.61 Å². The Balaban J connectivity index is 2.10. The van der Waals surface area contributed by atoms with Crippen molar-refractivity contribution in [1.29, 1.82) is 5.26 Å². The van der Waals surface area contributed by atoms with Crippen molar-refractivity contribution in [2.75, 3.05) is 0 Å². The highest BCUT2D eigenvalue weighted by Gasteiger charge is 2.05. The minimum Gasteiger partial charge on any atom is -0.489 e. The Kier molecular flexibility index (Phi) is 4.26. The molecule has 0 unspecified atom stereocenters. The molecule has 0 saturated carbocycles. The number of ether oxygens (including phenoxy) is 1. The lowest BCUT2D eigenvalue weighted by atomic mass is 10.1. The Morgan fingerprint density at radius 3 is 2.53 bits per heavy atom. The van der Waals surface area contributed by atoms with Crippen molar-refractivity contribution in [2.45, 2.75) is 6.61 Å². The van der Waals surface area contributed by atoms with E-state index in [4.69, 9.17) is 33.2 Å². The smallest absolute Gasteiger partial charge is 0.145 e. The van der Waals surface area contributed by atoms with Crippen LogP contribution in [0.3, 0.4) is 0 Å². The van der Waals surface area contributed by atoms with E-state index < -0.39 is 5.82 Å². The zero-order valence-corrected chi connectivity index (χ0v) is 11.2. The van der Waals surface area contributed by atoms with Gasteiger partial charge in [0, 0.05) is 16.7 Å². The van der Waals surface area contributed by atoms with Gasteiger partial charge in [-0.3, -0.25) is 0 Å². The molecule has 19 heavy (non-hydrogen) atoms. The number of hydrogen-bond donors (Lipinski definition) is 0. The molecule has 0 amide bonds. The molecule has 0 atom stereocenters. The SMILES string of the molecule is N#Cc1ccc(COc2ccc(Cl)c(F)c2)c(Cl)c1. The summed E-state index contributed by atoms with van der Waals surface area (Å²) in [5, 5.41) is 9.21. The number of hydrogen-bond acceptors (Lipinski definition) is 2.